The summed E-state index contributed by atoms with van der Waals surface area (Å²) in [5.41, 5.74) is 14.3. The van der Waals surface area contributed by atoms with E-state index < -0.39 is 54.2 Å². The normalized spacial score (nSPS) is 21.1. The number of rotatable bonds is 2. The van der Waals surface area contributed by atoms with Gasteiger partial charge in [-0.05, 0) is 17.7 Å². The quantitative estimate of drug-likeness (QED) is 0.0818. The zero-order valence-electron chi connectivity index (χ0n) is 16.9. The highest BCUT2D eigenvalue weighted by atomic mass is 31.2. The number of fused-ring (bicyclic) bond motifs is 1. The van der Waals surface area contributed by atoms with Crippen LogP contribution in [-0.4, -0.2) is 82.2 Å². The molecule has 0 spiro atoms. The third-order valence-corrected chi connectivity index (χ3v) is 3.19. The van der Waals surface area contributed by atoms with Crippen LogP contribution in [0.25, 0.3) is 16.0 Å². The first-order valence-electron chi connectivity index (χ1n) is 8.20. The lowest BCUT2D eigenvalue weighted by Gasteiger charge is -2.12. The van der Waals surface area contributed by atoms with E-state index in [9.17, 15) is 13.9 Å². The lowest BCUT2D eigenvalue weighted by molar-refractivity contribution is 0.0116. The van der Waals surface area contributed by atoms with Crippen LogP contribution in [0.15, 0.2) is 17.2 Å². The van der Waals surface area contributed by atoms with E-state index in [1.165, 1.54) is 12.1 Å². The number of halogens is 2. The second kappa shape index (κ2) is 14.7. The minimum atomic E-state index is -4.64. The molecular weight excluding hydrogens is 585 g/mol. The molecule has 1 aliphatic heterocycles. The summed E-state index contributed by atoms with van der Waals surface area (Å²) in [4.78, 5) is 70.5. The number of aliphatic hydroxyl groups excluding tert-OH is 1. The van der Waals surface area contributed by atoms with Gasteiger partial charge in [-0.3, -0.25) is 0 Å². The van der Waals surface area contributed by atoms with Crippen LogP contribution in [0, 0.1) is 6.08 Å². The standard InChI is InChI=1S/C10H9F2N7O2.CH4.3H3O4P/c11-5-6(20)9(16-18-14)21-7(5)3-1-2-4-8(13)15-10(12)17-19(3)4;;3*1-5(2,3)4/h1-2,5-7,9,20H,(H2,13,15,17);1H4;3*(H3,1,2,3,4)/t5-,6+,7+,9-;;;;/m1..../s1. The molecule has 0 aliphatic carbocycles. The van der Waals surface area contributed by atoms with Gasteiger partial charge >= 0.3 is 29.5 Å². The monoisotopic (exact) mass is 607 g/mol. The smallest absolute Gasteiger partial charge is 0.387 e. The van der Waals surface area contributed by atoms with E-state index in [0.717, 1.165) is 4.52 Å². The van der Waals surface area contributed by atoms with E-state index in [2.05, 4.69) is 20.1 Å². The molecule has 3 heterocycles. The van der Waals surface area contributed by atoms with Gasteiger partial charge in [0.05, 0.1) is 5.69 Å². The number of aliphatic hydroxyl groups is 1. The van der Waals surface area contributed by atoms with Crippen molar-refractivity contribution in [3.63, 3.8) is 0 Å². The average molecular weight is 607 g/mol. The van der Waals surface area contributed by atoms with Crippen LogP contribution < -0.4 is 5.73 Å². The summed E-state index contributed by atoms with van der Waals surface area (Å²) >= 11 is 0. The Balaban J connectivity index is 0. The number of aromatic nitrogens is 3. The van der Waals surface area contributed by atoms with Gasteiger partial charge in [0.15, 0.2) is 18.2 Å². The van der Waals surface area contributed by atoms with E-state index >= 15 is 0 Å². The number of ether oxygens (including phenoxy) is 1. The molecule has 21 nitrogen and oxygen atoms in total. The van der Waals surface area contributed by atoms with Gasteiger partial charge in [-0.25, -0.2) is 22.6 Å². The van der Waals surface area contributed by atoms with Gasteiger partial charge in [-0.15, -0.1) is 5.10 Å². The fourth-order valence-electron chi connectivity index (χ4n) is 2.25. The Labute approximate surface area is 203 Å². The second-order valence-electron chi connectivity index (χ2n) is 5.95. The Morgan fingerprint density at radius 3 is 1.86 bits per heavy atom. The number of hydrogen-bond donors (Lipinski definition) is 11. The maximum Gasteiger partial charge on any atom is 0.466 e. The summed E-state index contributed by atoms with van der Waals surface area (Å²) in [6.45, 7) is 0. The van der Waals surface area contributed by atoms with Crippen LogP contribution in [-0.2, 0) is 18.4 Å². The largest absolute Gasteiger partial charge is 0.466 e. The average Bonchev–Trinajstić information content (AvgIpc) is 3.14. The van der Waals surface area contributed by atoms with Gasteiger partial charge < -0.3 is 59.6 Å². The van der Waals surface area contributed by atoms with E-state index in [4.69, 9.17) is 73.7 Å². The number of azide groups is 1. The van der Waals surface area contributed by atoms with Crippen LogP contribution in [0.2, 0.25) is 0 Å². The molecule has 1 saturated heterocycles. The van der Waals surface area contributed by atoms with Crippen molar-refractivity contribution in [2.45, 2.75) is 32.0 Å². The highest BCUT2D eigenvalue weighted by Crippen LogP contribution is 2.37. The lowest BCUT2D eigenvalue weighted by Crippen LogP contribution is -2.26. The molecule has 37 heavy (non-hydrogen) atoms. The predicted octanol–water partition coefficient (Wildman–Crippen LogP) is -1.29. The molecule has 1 fully saturated rings. The molecule has 0 saturated carbocycles. The molecule has 2 aromatic heterocycles. The predicted molar refractivity (Wildman–Crippen MR) is 115 cm³/mol. The molecule has 0 unspecified atom stereocenters. The van der Waals surface area contributed by atoms with Crippen LogP contribution in [0.1, 0.15) is 19.2 Å². The van der Waals surface area contributed by atoms with Crippen molar-refractivity contribution in [2.24, 2.45) is 5.11 Å². The zero-order chi connectivity index (χ0) is 28.6. The molecule has 3 rings (SSSR count). The summed E-state index contributed by atoms with van der Waals surface area (Å²) in [5, 5.41) is 16.3. The zero-order valence-corrected chi connectivity index (χ0v) is 19.6. The summed E-state index contributed by atoms with van der Waals surface area (Å²) < 4.78 is 60.2. The minimum Gasteiger partial charge on any atom is -0.387 e. The topological polar surface area (TPSA) is 368 Å². The molecule has 0 bridgehead atoms. The minimum absolute atomic E-state index is 0. The SMILES string of the molecule is C.O=P(O)(O)O.O=P(O)(O)O.O=P(O)(O)O.[N-]=[N+]=N[C@@H]1O[C@@H](c2ccc3c(N)nc(F)nn23)[C@H](F)[C@@H]1O. The van der Waals surface area contributed by atoms with Crippen molar-refractivity contribution < 1.29 is 76.4 Å². The molecular formula is C11H22F2N7O14P3. The Kier molecular flexibility index (Phi) is 14.7. The summed E-state index contributed by atoms with van der Waals surface area (Å²) in [5.74, 6) is -0.116. The maximum absolute atomic E-state index is 14.1. The summed E-state index contributed by atoms with van der Waals surface area (Å²) in [6.07, 6.45) is -7.22. The van der Waals surface area contributed by atoms with Crippen LogP contribution in [0.5, 0.6) is 0 Å². The first-order valence-corrected chi connectivity index (χ1v) is 12.9. The molecule has 2 aromatic rings. The summed E-state index contributed by atoms with van der Waals surface area (Å²) in [7, 11) is -13.9. The van der Waals surface area contributed by atoms with Crippen molar-refractivity contribution in [1.29, 1.82) is 0 Å². The van der Waals surface area contributed by atoms with Gasteiger partial charge in [-0.2, -0.15) is 9.37 Å². The first kappa shape index (κ1) is 37.0. The number of nitrogens with two attached hydrogens (primary N) is 1. The van der Waals surface area contributed by atoms with E-state index in [-0.39, 0.29) is 24.5 Å². The van der Waals surface area contributed by atoms with Gasteiger partial charge in [0.2, 0.25) is 0 Å². The van der Waals surface area contributed by atoms with Crippen molar-refractivity contribution in [2.75, 3.05) is 5.73 Å². The highest BCUT2D eigenvalue weighted by Gasteiger charge is 2.45. The van der Waals surface area contributed by atoms with Gasteiger partial charge in [0.25, 0.3) is 0 Å². The number of nitrogens with zero attached hydrogens (tertiary/aromatic N) is 6. The molecule has 214 valence electrons. The molecule has 0 amide bonds. The Morgan fingerprint density at radius 2 is 1.46 bits per heavy atom. The lowest BCUT2D eigenvalue weighted by atomic mass is 10.1. The number of anilines is 1. The summed E-state index contributed by atoms with van der Waals surface area (Å²) in [6, 6.07) is 2.88. The van der Waals surface area contributed by atoms with Crippen LogP contribution >= 0.6 is 23.5 Å². The molecule has 0 aromatic carbocycles. The number of alkyl halides is 1. The number of nitrogen functional groups attached to an aromatic ring is 1. The van der Waals surface area contributed by atoms with Crippen LogP contribution in [0.4, 0.5) is 14.6 Å². The fourth-order valence-corrected chi connectivity index (χ4v) is 2.25. The number of hydrogen-bond acceptors (Lipinski definition) is 9. The van der Waals surface area contributed by atoms with Gasteiger partial charge in [0.1, 0.15) is 17.7 Å². The third kappa shape index (κ3) is 16.3. The van der Waals surface area contributed by atoms with Crippen LogP contribution in [0.3, 0.4) is 0 Å². The van der Waals surface area contributed by atoms with E-state index in [1.807, 2.05) is 0 Å². The molecule has 26 heteroatoms. The molecule has 12 N–H and O–H groups in total. The Morgan fingerprint density at radius 1 is 1.03 bits per heavy atom. The van der Waals surface area contributed by atoms with Gasteiger partial charge in [-0.1, -0.05) is 12.5 Å². The molecule has 4 atom stereocenters. The Bertz CT molecular complexity index is 1140. The Hall–Kier alpha value is -2.16. The second-order valence-corrected chi connectivity index (χ2v) is 9.03. The maximum atomic E-state index is 14.1. The van der Waals surface area contributed by atoms with E-state index in [0.29, 0.717) is 0 Å². The molecule has 1 aliphatic rings. The highest BCUT2D eigenvalue weighted by molar-refractivity contribution is 7.45. The van der Waals surface area contributed by atoms with Gasteiger partial charge in [0, 0.05) is 4.91 Å². The van der Waals surface area contributed by atoms with Crippen molar-refractivity contribution >= 4 is 34.8 Å². The van der Waals surface area contributed by atoms with Crippen molar-refractivity contribution in [1.82, 2.24) is 14.6 Å². The fraction of sp³-hybridized carbons (Fsp3) is 0.455. The molecule has 0 radical (unpaired) electrons. The third-order valence-electron chi connectivity index (χ3n) is 3.19. The van der Waals surface area contributed by atoms with Crippen molar-refractivity contribution in [3.05, 3.63) is 34.3 Å². The van der Waals surface area contributed by atoms with Crippen molar-refractivity contribution in [3.8, 4) is 0 Å². The first-order chi connectivity index (χ1) is 16.0. The number of phosphoric acid groups is 3. The van der Waals surface area contributed by atoms with E-state index in [1.54, 1.807) is 0 Å².